The Morgan fingerprint density at radius 3 is 3.18 bits per heavy atom. The van der Waals surface area contributed by atoms with Gasteiger partial charge in [0, 0.05) is 18.5 Å². The molecule has 0 aliphatic carbocycles. The van der Waals surface area contributed by atoms with Gasteiger partial charge in [0.2, 0.25) is 0 Å². The molecule has 6 nitrogen and oxygen atoms in total. The van der Waals surface area contributed by atoms with Gasteiger partial charge in [-0.05, 0) is 41.8 Å². The highest BCUT2D eigenvalue weighted by atomic mass is 35.5. The van der Waals surface area contributed by atoms with E-state index in [9.17, 15) is 0 Å². The van der Waals surface area contributed by atoms with Gasteiger partial charge < -0.3 is 4.90 Å². The minimum Gasteiger partial charge on any atom is -0.351 e. The molecule has 7 heteroatoms. The van der Waals surface area contributed by atoms with Crippen molar-refractivity contribution >= 4 is 23.1 Å². The zero-order chi connectivity index (χ0) is 11.7. The average Bonchev–Trinajstić information content (AvgIpc) is 2.85. The smallest absolute Gasteiger partial charge is 0.200 e. The summed E-state index contributed by atoms with van der Waals surface area (Å²) in [7, 11) is 0. The van der Waals surface area contributed by atoms with Crippen molar-refractivity contribution in [1.82, 2.24) is 25.3 Å². The van der Waals surface area contributed by atoms with Gasteiger partial charge in [0.05, 0.1) is 0 Å². The summed E-state index contributed by atoms with van der Waals surface area (Å²) in [6.07, 6.45) is 3.54. The zero-order valence-electron chi connectivity index (χ0n) is 9.33. The van der Waals surface area contributed by atoms with Crippen LogP contribution < -0.4 is 4.90 Å². The molecule has 1 aliphatic rings. The highest BCUT2D eigenvalue weighted by molar-refractivity contribution is 6.18. The summed E-state index contributed by atoms with van der Waals surface area (Å²) in [5, 5.41) is 15.6. The van der Waals surface area contributed by atoms with Crippen LogP contribution in [0.1, 0.15) is 19.3 Å². The lowest BCUT2D eigenvalue weighted by Gasteiger charge is -2.35. The van der Waals surface area contributed by atoms with Crippen LogP contribution in [0.2, 0.25) is 0 Å². The van der Waals surface area contributed by atoms with E-state index in [4.69, 9.17) is 11.6 Å². The molecule has 0 bridgehead atoms. The molecule has 1 aliphatic heterocycles. The molecule has 0 N–H and O–H groups in total. The first-order valence-corrected chi connectivity index (χ1v) is 6.30. The Kier molecular flexibility index (Phi) is 2.80. The van der Waals surface area contributed by atoms with E-state index < -0.39 is 0 Å². The van der Waals surface area contributed by atoms with Gasteiger partial charge in [0.25, 0.3) is 0 Å². The van der Waals surface area contributed by atoms with Crippen LogP contribution >= 0.6 is 11.6 Å². The van der Waals surface area contributed by atoms with Crippen molar-refractivity contribution in [3.8, 4) is 0 Å². The van der Waals surface area contributed by atoms with Gasteiger partial charge in [-0.3, -0.25) is 0 Å². The number of aromatic nitrogens is 5. The largest absolute Gasteiger partial charge is 0.351 e. The van der Waals surface area contributed by atoms with Crippen LogP contribution in [0.15, 0.2) is 12.1 Å². The number of tetrazole rings is 1. The van der Waals surface area contributed by atoms with Gasteiger partial charge in [0.15, 0.2) is 11.5 Å². The SMILES string of the molecule is ClCC1CCCCN1c1ccc2nnnn2n1. The molecule has 2 aromatic rings. The molecular formula is C10H13ClN6. The predicted molar refractivity (Wildman–Crippen MR) is 64.3 cm³/mol. The molecule has 3 rings (SSSR count). The number of rotatable bonds is 2. The number of hydrogen-bond acceptors (Lipinski definition) is 5. The fourth-order valence-electron chi connectivity index (χ4n) is 2.26. The molecule has 1 fully saturated rings. The number of anilines is 1. The summed E-state index contributed by atoms with van der Waals surface area (Å²) in [5.74, 6) is 1.53. The molecule has 1 saturated heterocycles. The first kappa shape index (κ1) is 10.7. The van der Waals surface area contributed by atoms with Crippen molar-refractivity contribution in [3.63, 3.8) is 0 Å². The molecule has 0 aromatic carbocycles. The van der Waals surface area contributed by atoms with Crippen LogP contribution in [0.3, 0.4) is 0 Å². The molecule has 0 spiro atoms. The summed E-state index contributed by atoms with van der Waals surface area (Å²) in [4.78, 5) is 2.25. The Labute approximate surface area is 104 Å². The second kappa shape index (κ2) is 4.44. The molecule has 0 saturated carbocycles. The number of hydrogen-bond donors (Lipinski definition) is 0. The summed E-state index contributed by atoms with van der Waals surface area (Å²) >= 11 is 6.01. The van der Waals surface area contributed by atoms with E-state index in [2.05, 4.69) is 25.5 Å². The number of halogens is 1. The third-order valence-corrected chi connectivity index (χ3v) is 3.51. The maximum Gasteiger partial charge on any atom is 0.200 e. The van der Waals surface area contributed by atoms with Crippen molar-refractivity contribution in [2.24, 2.45) is 0 Å². The monoisotopic (exact) mass is 252 g/mol. The van der Waals surface area contributed by atoms with Crippen molar-refractivity contribution in [2.45, 2.75) is 25.3 Å². The molecule has 17 heavy (non-hydrogen) atoms. The summed E-state index contributed by atoms with van der Waals surface area (Å²) in [6.45, 7) is 0.998. The standard InChI is InChI=1S/C10H13ClN6/c11-7-8-3-1-2-6-16(8)10-5-4-9-12-14-15-17(9)13-10/h4-5,8H,1-3,6-7H2. The third-order valence-electron chi connectivity index (χ3n) is 3.15. The highest BCUT2D eigenvalue weighted by Crippen LogP contribution is 2.23. The Morgan fingerprint density at radius 2 is 2.29 bits per heavy atom. The van der Waals surface area contributed by atoms with Crippen molar-refractivity contribution in [2.75, 3.05) is 17.3 Å². The van der Waals surface area contributed by atoms with Crippen molar-refractivity contribution < 1.29 is 0 Å². The number of nitrogens with zero attached hydrogens (tertiary/aromatic N) is 6. The van der Waals surface area contributed by atoms with Crippen LogP contribution in [-0.2, 0) is 0 Å². The lowest BCUT2D eigenvalue weighted by Crippen LogP contribution is -2.41. The van der Waals surface area contributed by atoms with Crippen molar-refractivity contribution in [3.05, 3.63) is 12.1 Å². The molecule has 90 valence electrons. The number of fused-ring (bicyclic) bond motifs is 1. The Morgan fingerprint density at radius 1 is 1.35 bits per heavy atom. The Bertz CT molecular complexity index is 512. The summed E-state index contributed by atoms with van der Waals surface area (Å²) < 4.78 is 1.45. The maximum absolute atomic E-state index is 6.01. The fourth-order valence-corrected chi connectivity index (χ4v) is 2.58. The van der Waals surface area contributed by atoms with Crippen molar-refractivity contribution in [1.29, 1.82) is 0 Å². The normalized spacial score (nSPS) is 21.0. The van der Waals surface area contributed by atoms with Crippen LogP contribution in [0.25, 0.3) is 5.65 Å². The quantitative estimate of drug-likeness (QED) is 0.750. The zero-order valence-corrected chi connectivity index (χ0v) is 10.1. The predicted octanol–water partition coefficient (Wildman–Crippen LogP) is 1.12. The van der Waals surface area contributed by atoms with Crippen LogP contribution in [0.5, 0.6) is 0 Å². The van der Waals surface area contributed by atoms with E-state index in [0.29, 0.717) is 17.6 Å². The molecule has 3 heterocycles. The van der Waals surface area contributed by atoms with E-state index in [-0.39, 0.29) is 0 Å². The van der Waals surface area contributed by atoms with Crippen LogP contribution in [-0.4, -0.2) is 43.7 Å². The molecule has 1 unspecified atom stereocenters. The highest BCUT2D eigenvalue weighted by Gasteiger charge is 2.23. The number of alkyl halides is 1. The molecule has 1 atom stereocenters. The van der Waals surface area contributed by atoms with E-state index in [0.717, 1.165) is 18.8 Å². The summed E-state index contributed by atoms with van der Waals surface area (Å²) in [6, 6.07) is 4.20. The second-order valence-electron chi connectivity index (χ2n) is 4.22. The van der Waals surface area contributed by atoms with Gasteiger partial charge >= 0.3 is 0 Å². The second-order valence-corrected chi connectivity index (χ2v) is 4.52. The Hall–Kier alpha value is -1.43. The van der Waals surface area contributed by atoms with Gasteiger partial charge in [-0.2, -0.15) is 0 Å². The van der Waals surface area contributed by atoms with Gasteiger partial charge in [0.1, 0.15) is 0 Å². The summed E-state index contributed by atoms with van der Waals surface area (Å²) in [5.41, 5.74) is 0.660. The van der Waals surface area contributed by atoms with E-state index in [1.54, 1.807) is 0 Å². The molecule has 0 amide bonds. The Balaban J connectivity index is 1.95. The first-order valence-electron chi connectivity index (χ1n) is 5.76. The number of piperidine rings is 1. The average molecular weight is 253 g/mol. The third kappa shape index (κ3) is 1.93. The minimum absolute atomic E-state index is 0.367. The minimum atomic E-state index is 0.367. The van der Waals surface area contributed by atoms with Crippen LogP contribution in [0.4, 0.5) is 5.82 Å². The van der Waals surface area contributed by atoms with Gasteiger partial charge in [-0.25, -0.2) is 0 Å². The van der Waals surface area contributed by atoms with E-state index in [1.165, 1.54) is 17.5 Å². The van der Waals surface area contributed by atoms with E-state index in [1.807, 2.05) is 12.1 Å². The van der Waals surface area contributed by atoms with Gasteiger partial charge in [-0.15, -0.1) is 26.4 Å². The van der Waals surface area contributed by atoms with Gasteiger partial charge in [-0.1, -0.05) is 0 Å². The fraction of sp³-hybridized carbons (Fsp3) is 0.600. The lowest BCUT2D eigenvalue weighted by atomic mass is 10.0. The molecular weight excluding hydrogens is 240 g/mol. The van der Waals surface area contributed by atoms with Crippen LogP contribution in [0, 0.1) is 0 Å². The molecule has 2 aromatic heterocycles. The van der Waals surface area contributed by atoms with E-state index >= 15 is 0 Å². The molecule has 0 radical (unpaired) electrons. The lowest BCUT2D eigenvalue weighted by molar-refractivity contribution is 0.481. The topological polar surface area (TPSA) is 59.2 Å². The maximum atomic E-state index is 6.01. The first-order chi connectivity index (χ1) is 8.38.